The fourth-order valence-corrected chi connectivity index (χ4v) is 2.70. The average Bonchev–Trinajstić information content (AvgIpc) is 3.23. The third-order valence-corrected chi connectivity index (χ3v) is 3.97. The van der Waals surface area contributed by atoms with Gasteiger partial charge in [0.2, 0.25) is 0 Å². The second-order valence-electron chi connectivity index (χ2n) is 5.90. The molecule has 0 aliphatic heterocycles. The number of benzene rings is 2. The van der Waals surface area contributed by atoms with E-state index in [-0.39, 0.29) is 0 Å². The quantitative estimate of drug-likeness (QED) is 0.563. The van der Waals surface area contributed by atoms with Crippen molar-refractivity contribution < 1.29 is 9.18 Å². The molecular formula is C20H15FN6O. The third-order valence-electron chi connectivity index (χ3n) is 3.97. The van der Waals surface area contributed by atoms with Gasteiger partial charge in [0, 0.05) is 41.7 Å². The van der Waals surface area contributed by atoms with E-state index in [4.69, 9.17) is 0 Å². The molecule has 4 aromatic rings. The summed E-state index contributed by atoms with van der Waals surface area (Å²) in [6.07, 6.45) is 8.04. The van der Waals surface area contributed by atoms with E-state index in [1.807, 2.05) is 12.1 Å². The number of nitrogens with one attached hydrogen (secondary N) is 2. The van der Waals surface area contributed by atoms with Crippen molar-refractivity contribution in [2.24, 2.45) is 0 Å². The molecule has 4 rings (SSSR count). The Hall–Kier alpha value is -4.07. The van der Waals surface area contributed by atoms with Crippen LogP contribution in [-0.4, -0.2) is 25.8 Å². The fraction of sp³-hybridized carbons (Fsp3) is 0. The number of nitrogens with zero attached hydrogens (tertiary/aromatic N) is 4. The molecule has 0 saturated carbocycles. The number of amides is 2. The van der Waals surface area contributed by atoms with Crippen molar-refractivity contribution in [3.8, 4) is 16.8 Å². The highest BCUT2D eigenvalue weighted by Gasteiger charge is 2.09. The first-order valence-electron chi connectivity index (χ1n) is 8.42. The summed E-state index contributed by atoms with van der Waals surface area (Å²) in [5, 5.41) is 9.34. The van der Waals surface area contributed by atoms with Crippen molar-refractivity contribution in [2.45, 2.75) is 0 Å². The van der Waals surface area contributed by atoms with E-state index in [1.54, 1.807) is 55.1 Å². The average molecular weight is 374 g/mol. The van der Waals surface area contributed by atoms with Gasteiger partial charge in [0.15, 0.2) is 5.82 Å². The molecule has 2 amide bonds. The van der Waals surface area contributed by atoms with Crippen molar-refractivity contribution in [3.63, 3.8) is 0 Å². The topological polar surface area (TPSA) is 84.7 Å². The first-order chi connectivity index (χ1) is 13.7. The lowest BCUT2D eigenvalue weighted by atomic mass is 10.1. The van der Waals surface area contributed by atoms with Gasteiger partial charge >= 0.3 is 6.03 Å². The van der Waals surface area contributed by atoms with E-state index in [9.17, 15) is 9.18 Å². The molecule has 138 valence electrons. The summed E-state index contributed by atoms with van der Waals surface area (Å²) in [6, 6.07) is 12.9. The Balaban J connectivity index is 1.46. The Morgan fingerprint density at radius 1 is 0.929 bits per heavy atom. The van der Waals surface area contributed by atoms with Crippen molar-refractivity contribution in [1.29, 1.82) is 0 Å². The van der Waals surface area contributed by atoms with Gasteiger partial charge in [-0.05, 0) is 42.0 Å². The summed E-state index contributed by atoms with van der Waals surface area (Å²) < 4.78 is 15.7. The second kappa shape index (κ2) is 7.67. The summed E-state index contributed by atoms with van der Waals surface area (Å²) in [5.74, 6) is -0.493. The van der Waals surface area contributed by atoms with Crippen LogP contribution in [0.1, 0.15) is 0 Å². The smallest absolute Gasteiger partial charge is 0.308 e. The molecule has 0 aliphatic carbocycles. The number of carbonyl (C=O) groups excluding carboxylic acids is 1. The van der Waals surface area contributed by atoms with E-state index >= 15 is 0 Å². The SMILES string of the molecule is O=C(Nc1cccc(-c2cncnc2)c1)Nc1ccc(-n2cccn2)c(F)c1. The molecule has 7 nitrogen and oxygen atoms in total. The molecule has 2 N–H and O–H groups in total. The van der Waals surface area contributed by atoms with Crippen molar-refractivity contribution in [3.05, 3.63) is 85.5 Å². The molecular weight excluding hydrogens is 359 g/mol. The third kappa shape index (κ3) is 3.85. The van der Waals surface area contributed by atoms with Crippen LogP contribution in [0.15, 0.2) is 79.6 Å². The Kier molecular flexibility index (Phi) is 4.75. The first kappa shape index (κ1) is 17.3. The maximum absolute atomic E-state index is 14.3. The second-order valence-corrected chi connectivity index (χ2v) is 5.90. The predicted octanol–water partition coefficient (Wildman–Crippen LogP) is 4.11. The molecule has 0 aliphatic rings. The maximum atomic E-state index is 14.3. The first-order valence-corrected chi connectivity index (χ1v) is 8.42. The molecule has 2 aromatic heterocycles. The maximum Gasteiger partial charge on any atom is 0.323 e. The summed E-state index contributed by atoms with van der Waals surface area (Å²) in [5.41, 5.74) is 2.93. The minimum Gasteiger partial charge on any atom is -0.308 e. The predicted molar refractivity (Wildman–Crippen MR) is 104 cm³/mol. The fourth-order valence-electron chi connectivity index (χ4n) is 2.70. The molecule has 2 aromatic carbocycles. The van der Waals surface area contributed by atoms with Gasteiger partial charge in [-0.2, -0.15) is 5.10 Å². The molecule has 0 radical (unpaired) electrons. The molecule has 28 heavy (non-hydrogen) atoms. The Bertz CT molecular complexity index is 1100. The molecule has 0 fully saturated rings. The minimum atomic E-state index is -0.493. The molecule has 0 saturated heterocycles. The Morgan fingerprint density at radius 2 is 1.71 bits per heavy atom. The van der Waals surface area contributed by atoms with Crippen LogP contribution in [0.3, 0.4) is 0 Å². The van der Waals surface area contributed by atoms with Crippen molar-refractivity contribution >= 4 is 17.4 Å². The van der Waals surface area contributed by atoms with Crippen LogP contribution in [0.25, 0.3) is 16.8 Å². The molecule has 2 heterocycles. The molecule has 0 bridgehead atoms. The number of urea groups is 1. The van der Waals surface area contributed by atoms with Crippen LogP contribution >= 0.6 is 0 Å². The van der Waals surface area contributed by atoms with Crippen LogP contribution in [0.2, 0.25) is 0 Å². The highest BCUT2D eigenvalue weighted by molar-refractivity contribution is 6.00. The van der Waals surface area contributed by atoms with Crippen molar-refractivity contribution in [1.82, 2.24) is 19.7 Å². The lowest BCUT2D eigenvalue weighted by Crippen LogP contribution is -2.19. The van der Waals surface area contributed by atoms with E-state index in [0.717, 1.165) is 11.1 Å². The molecule has 8 heteroatoms. The molecule has 0 unspecified atom stereocenters. The van der Waals surface area contributed by atoms with Crippen LogP contribution in [0, 0.1) is 5.82 Å². The van der Waals surface area contributed by atoms with E-state index in [2.05, 4.69) is 25.7 Å². The monoisotopic (exact) mass is 374 g/mol. The van der Waals surface area contributed by atoms with Gasteiger partial charge in [-0.25, -0.2) is 23.8 Å². The Morgan fingerprint density at radius 3 is 2.43 bits per heavy atom. The lowest BCUT2D eigenvalue weighted by Gasteiger charge is -2.10. The van der Waals surface area contributed by atoms with Gasteiger partial charge in [-0.15, -0.1) is 0 Å². The zero-order chi connectivity index (χ0) is 19.3. The number of aromatic nitrogens is 4. The number of carbonyl (C=O) groups is 1. The summed E-state index contributed by atoms with van der Waals surface area (Å²) in [7, 11) is 0. The summed E-state index contributed by atoms with van der Waals surface area (Å²) in [6.45, 7) is 0. The van der Waals surface area contributed by atoms with Gasteiger partial charge in [0.1, 0.15) is 12.0 Å². The number of anilines is 2. The molecule has 0 spiro atoms. The van der Waals surface area contributed by atoms with Gasteiger partial charge in [0.25, 0.3) is 0 Å². The van der Waals surface area contributed by atoms with E-state index in [1.165, 1.54) is 17.1 Å². The molecule has 0 atom stereocenters. The summed E-state index contributed by atoms with van der Waals surface area (Å²) in [4.78, 5) is 20.2. The van der Waals surface area contributed by atoms with Gasteiger partial charge < -0.3 is 10.6 Å². The van der Waals surface area contributed by atoms with Gasteiger partial charge in [0.05, 0.1) is 0 Å². The van der Waals surface area contributed by atoms with Gasteiger partial charge in [-0.3, -0.25) is 0 Å². The number of hydrogen-bond donors (Lipinski definition) is 2. The number of halogens is 1. The van der Waals surface area contributed by atoms with Crippen LogP contribution in [0.5, 0.6) is 0 Å². The zero-order valence-electron chi connectivity index (χ0n) is 14.6. The normalized spacial score (nSPS) is 10.5. The van der Waals surface area contributed by atoms with Crippen LogP contribution in [0.4, 0.5) is 20.6 Å². The van der Waals surface area contributed by atoms with Crippen LogP contribution in [-0.2, 0) is 0 Å². The van der Waals surface area contributed by atoms with Crippen molar-refractivity contribution in [2.75, 3.05) is 10.6 Å². The lowest BCUT2D eigenvalue weighted by molar-refractivity contribution is 0.262. The highest BCUT2D eigenvalue weighted by atomic mass is 19.1. The number of rotatable bonds is 4. The number of hydrogen-bond acceptors (Lipinski definition) is 4. The zero-order valence-corrected chi connectivity index (χ0v) is 14.6. The van der Waals surface area contributed by atoms with Crippen LogP contribution < -0.4 is 10.6 Å². The van der Waals surface area contributed by atoms with E-state index in [0.29, 0.717) is 17.1 Å². The van der Waals surface area contributed by atoms with Gasteiger partial charge in [-0.1, -0.05) is 12.1 Å². The Labute approximate surface area is 159 Å². The minimum absolute atomic E-state index is 0.300. The standard InChI is InChI=1S/C20H15FN6O/c21-18-10-17(5-6-19(18)27-8-2-7-24-27)26-20(28)25-16-4-1-3-14(9-16)15-11-22-13-23-12-15/h1-13H,(H2,25,26,28). The highest BCUT2D eigenvalue weighted by Crippen LogP contribution is 2.22. The van der Waals surface area contributed by atoms with E-state index < -0.39 is 11.8 Å². The largest absolute Gasteiger partial charge is 0.323 e. The summed E-state index contributed by atoms with van der Waals surface area (Å²) >= 11 is 0.